The first-order chi connectivity index (χ1) is 10.0. The summed E-state index contributed by atoms with van der Waals surface area (Å²) in [4.78, 5) is 16.6. The molecule has 1 aliphatic carbocycles. The van der Waals surface area contributed by atoms with Crippen LogP contribution in [0.3, 0.4) is 0 Å². The van der Waals surface area contributed by atoms with Gasteiger partial charge in [-0.25, -0.2) is 4.98 Å². The van der Waals surface area contributed by atoms with E-state index in [2.05, 4.69) is 29.5 Å². The number of anilines is 1. The normalized spacial score (nSPS) is 24.9. The van der Waals surface area contributed by atoms with E-state index in [9.17, 15) is 4.79 Å². The van der Waals surface area contributed by atoms with Crippen LogP contribution in [0.2, 0.25) is 5.15 Å². The number of amides is 1. The van der Waals surface area contributed by atoms with Gasteiger partial charge < -0.3 is 10.6 Å². The second-order valence-electron chi connectivity index (χ2n) is 5.78. The van der Waals surface area contributed by atoms with Crippen molar-refractivity contribution in [1.29, 1.82) is 0 Å². The SMILES string of the molecule is CCNc1cc(C(=O)NC2CCC(CC)C2C)cc(Cl)n1. The third-order valence-electron chi connectivity index (χ3n) is 4.48. The molecule has 2 rings (SSSR count). The molecule has 3 atom stereocenters. The van der Waals surface area contributed by atoms with Crippen molar-refractivity contribution in [3.8, 4) is 0 Å². The Hall–Kier alpha value is -1.29. The van der Waals surface area contributed by atoms with Crippen molar-refractivity contribution in [2.75, 3.05) is 11.9 Å². The number of hydrogen-bond acceptors (Lipinski definition) is 3. The summed E-state index contributed by atoms with van der Waals surface area (Å²) in [6, 6.07) is 3.63. The van der Waals surface area contributed by atoms with Crippen LogP contribution in [0.25, 0.3) is 0 Å². The molecule has 1 fully saturated rings. The van der Waals surface area contributed by atoms with Gasteiger partial charge in [-0.05, 0) is 43.7 Å². The molecule has 1 aliphatic rings. The second kappa shape index (κ2) is 7.12. The molecular formula is C16H24ClN3O. The molecule has 0 spiro atoms. The van der Waals surface area contributed by atoms with Crippen molar-refractivity contribution >= 4 is 23.3 Å². The molecule has 0 aliphatic heterocycles. The van der Waals surface area contributed by atoms with Gasteiger partial charge in [0.25, 0.3) is 5.91 Å². The Bertz CT molecular complexity index is 506. The summed E-state index contributed by atoms with van der Waals surface area (Å²) in [5, 5.41) is 6.58. The van der Waals surface area contributed by atoms with Gasteiger partial charge in [-0.2, -0.15) is 0 Å². The summed E-state index contributed by atoms with van der Waals surface area (Å²) in [6.07, 6.45) is 3.44. The number of aromatic nitrogens is 1. The van der Waals surface area contributed by atoms with Crippen LogP contribution < -0.4 is 10.6 Å². The maximum atomic E-state index is 12.4. The van der Waals surface area contributed by atoms with Gasteiger partial charge in [0.15, 0.2) is 0 Å². The minimum atomic E-state index is -0.0629. The zero-order valence-corrected chi connectivity index (χ0v) is 13.7. The Kier molecular flexibility index (Phi) is 5.45. The Balaban J connectivity index is 2.07. The molecule has 3 unspecified atom stereocenters. The molecule has 5 heteroatoms. The highest BCUT2D eigenvalue weighted by Gasteiger charge is 2.32. The summed E-state index contributed by atoms with van der Waals surface area (Å²) in [5.74, 6) is 1.83. The van der Waals surface area contributed by atoms with E-state index in [0.717, 1.165) is 13.0 Å². The number of hydrogen-bond donors (Lipinski definition) is 2. The first-order valence-electron chi connectivity index (χ1n) is 7.77. The van der Waals surface area contributed by atoms with Crippen molar-refractivity contribution in [1.82, 2.24) is 10.3 Å². The van der Waals surface area contributed by atoms with E-state index in [-0.39, 0.29) is 11.9 Å². The number of rotatable bonds is 5. The van der Waals surface area contributed by atoms with Crippen molar-refractivity contribution in [2.45, 2.75) is 46.1 Å². The van der Waals surface area contributed by atoms with Gasteiger partial charge in [0, 0.05) is 18.2 Å². The zero-order valence-electron chi connectivity index (χ0n) is 12.9. The number of nitrogens with zero attached hydrogens (tertiary/aromatic N) is 1. The van der Waals surface area contributed by atoms with Crippen LogP contribution in [0.5, 0.6) is 0 Å². The maximum absolute atomic E-state index is 12.4. The second-order valence-corrected chi connectivity index (χ2v) is 6.17. The van der Waals surface area contributed by atoms with Crippen LogP contribution in [0, 0.1) is 11.8 Å². The smallest absolute Gasteiger partial charge is 0.251 e. The van der Waals surface area contributed by atoms with Crippen LogP contribution in [-0.4, -0.2) is 23.5 Å². The van der Waals surface area contributed by atoms with Crippen molar-refractivity contribution in [3.63, 3.8) is 0 Å². The Morgan fingerprint density at radius 1 is 1.38 bits per heavy atom. The largest absolute Gasteiger partial charge is 0.370 e. The topological polar surface area (TPSA) is 54.0 Å². The summed E-state index contributed by atoms with van der Waals surface area (Å²) in [5.41, 5.74) is 0.568. The maximum Gasteiger partial charge on any atom is 0.251 e. The van der Waals surface area contributed by atoms with E-state index in [4.69, 9.17) is 11.6 Å². The first kappa shape index (κ1) is 16.1. The monoisotopic (exact) mass is 309 g/mol. The third-order valence-corrected chi connectivity index (χ3v) is 4.68. The minimum absolute atomic E-state index is 0.0629. The average Bonchev–Trinajstić information content (AvgIpc) is 2.79. The molecule has 1 heterocycles. The average molecular weight is 310 g/mol. The lowest BCUT2D eigenvalue weighted by atomic mass is 9.93. The lowest BCUT2D eigenvalue weighted by molar-refractivity contribution is 0.0926. The minimum Gasteiger partial charge on any atom is -0.370 e. The van der Waals surface area contributed by atoms with E-state index in [1.165, 1.54) is 12.8 Å². The molecule has 116 valence electrons. The number of pyridine rings is 1. The summed E-state index contributed by atoms with van der Waals surface area (Å²) >= 11 is 5.99. The standard InChI is InChI=1S/C16H24ClN3O/c1-4-11-6-7-13(10(11)3)19-16(21)12-8-14(17)20-15(9-12)18-5-2/h8-11,13H,4-7H2,1-3H3,(H,18,20)(H,19,21). The molecule has 21 heavy (non-hydrogen) atoms. The number of halogens is 1. The van der Waals surface area contributed by atoms with Crippen molar-refractivity contribution < 1.29 is 4.79 Å². The quantitative estimate of drug-likeness (QED) is 0.815. The van der Waals surface area contributed by atoms with Crippen LogP contribution >= 0.6 is 11.6 Å². The molecule has 0 aromatic carbocycles. The van der Waals surface area contributed by atoms with Gasteiger partial charge in [0.1, 0.15) is 11.0 Å². The molecule has 4 nitrogen and oxygen atoms in total. The third kappa shape index (κ3) is 3.88. The number of carbonyl (C=O) groups is 1. The van der Waals surface area contributed by atoms with Crippen LogP contribution in [0.1, 0.15) is 50.4 Å². The number of nitrogens with one attached hydrogen (secondary N) is 2. The predicted molar refractivity (Wildman–Crippen MR) is 86.8 cm³/mol. The Morgan fingerprint density at radius 3 is 2.76 bits per heavy atom. The lowest BCUT2D eigenvalue weighted by Gasteiger charge is -2.21. The zero-order chi connectivity index (χ0) is 15.4. The predicted octanol–water partition coefficient (Wildman–Crippen LogP) is 3.72. The molecule has 0 saturated heterocycles. The van der Waals surface area contributed by atoms with E-state index in [0.29, 0.717) is 28.4 Å². The van der Waals surface area contributed by atoms with Gasteiger partial charge in [-0.3, -0.25) is 4.79 Å². The van der Waals surface area contributed by atoms with Crippen molar-refractivity contribution in [2.24, 2.45) is 11.8 Å². The van der Waals surface area contributed by atoms with E-state index in [1.54, 1.807) is 12.1 Å². The molecule has 1 aromatic heterocycles. The first-order valence-corrected chi connectivity index (χ1v) is 8.15. The molecule has 2 N–H and O–H groups in total. The van der Waals surface area contributed by atoms with Crippen LogP contribution in [0.15, 0.2) is 12.1 Å². The highest BCUT2D eigenvalue weighted by Crippen LogP contribution is 2.34. The molecule has 1 amide bonds. The molecule has 0 radical (unpaired) electrons. The highest BCUT2D eigenvalue weighted by molar-refractivity contribution is 6.29. The summed E-state index contributed by atoms with van der Waals surface area (Å²) in [6.45, 7) is 7.17. The molecular weight excluding hydrogens is 286 g/mol. The van der Waals surface area contributed by atoms with Gasteiger partial charge in [-0.15, -0.1) is 0 Å². The van der Waals surface area contributed by atoms with Gasteiger partial charge in [-0.1, -0.05) is 31.9 Å². The van der Waals surface area contributed by atoms with Gasteiger partial charge in [0.05, 0.1) is 0 Å². The number of carbonyl (C=O) groups excluding carboxylic acids is 1. The fraction of sp³-hybridized carbons (Fsp3) is 0.625. The van der Waals surface area contributed by atoms with E-state index >= 15 is 0 Å². The van der Waals surface area contributed by atoms with E-state index < -0.39 is 0 Å². The van der Waals surface area contributed by atoms with Gasteiger partial charge in [0.2, 0.25) is 0 Å². The van der Waals surface area contributed by atoms with Crippen LogP contribution in [-0.2, 0) is 0 Å². The molecule has 1 aromatic rings. The van der Waals surface area contributed by atoms with Gasteiger partial charge >= 0.3 is 0 Å². The van der Waals surface area contributed by atoms with Crippen molar-refractivity contribution in [3.05, 3.63) is 22.8 Å². The fourth-order valence-corrected chi connectivity index (χ4v) is 3.39. The van der Waals surface area contributed by atoms with E-state index in [1.807, 2.05) is 6.92 Å². The fourth-order valence-electron chi connectivity index (χ4n) is 3.18. The summed E-state index contributed by atoms with van der Waals surface area (Å²) < 4.78 is 0. The summed E-state index contributed by atoms with van der Waals surface area (Å²) in [7, 11) is 0. The Morgan fingerprint density at radius 2 is 2.14 bits per heavy atom. The molecule has 1 saturated carbocycles. The van der Waals surface area contributed by atoms with Crippen LogP contribution in [0.4, 0.5) is 5.82 Å². The lowest BCUT2D eigenvalue weighted by Crippen LogP contribution is -2.37. The Labute approximate surface area is 131 Å². The highest BCUT2D eigenvalue weighted by atomic mass is 35.5. The molecule has 0 bridgehead atoms.